The molecular weight excluding hydrogens is 568 g/mol. The molecule has 2 rings (SSSR count). The number of benzene rings is 1. The fourth-order valence-electron chi connectivity index (χ4n) is 6.26. The molecule has 9 heteroatoms. The summed E-state index contributed by atoms with van der Waals surface area (Å²) in [4.78, 5) is 52.4. The van der Waals surface area contributed by atoms with E-state index in [4.69, 9.17) is 0 Å². The number of carbonyl (C=O) groups is 4. The van der Waals surface area contributed by atoms with Crippen molar-refractivity contribution in [2.75, 3.05) is 6.54 Å². The van der Waals surface area contributed by atoms with Gasteiger partial charge >= 0.3 is 0 Å². The first-order chi connectivity index (χ1) is 21.5. The molecular formula is C36H60N4O5. The molecule has 5 atom stereocenters. The molecule has 45 heavy (non-hydrogen) atoms. The molecule has 1 aliphatic rings. The van der Waals surface area contributed by atoms with Crippen LogP contribution in [0.4, 0.5) is 0 Å². The highest BCUT2D eigenvalue weighted by Gasteiger charge is 2.34. The quantitative estimate of drug-likeness (QED) is 0.132. The SMILES string of the molecule is CCCCNC(=O)[C@@H](C[C@H](O)[C@H](CC1CCCCC1)NC(=O)[C@H](CCCC)NC(=O)[C@H](Cc1ccccc1)NC(C)=O)C(C)C. The minimum atomic E-state index is -0.909. The highest BCUT2D eigenvalue weighted by Crippen LogP contribution is 2.30. The first kappa shape index (κ1) is 38.2. The van der Waals surface area contributed by atoms with Crippen molar-refractivity contribution >= 4 is 23.6 Å². The predicted molar refractivity (Wildman–Crippen MR) is 179 cm³/mol. The summed E-state index contributed by atoms with van der Waals surface area (Å²) in [5.41, 5.74) is 0.898. The summed E-state index contributed by atoms with van der Waals surface area (Å²) in [6, 6.07) is 7.26. The number of aliphatic hydroxyl groups is 1. The van der Waals surface area contributed by atoms with Gasteiger partial charge in [-0.1, -0.05) is 109 Å². The summed E-state index contributed by atoms with van der Waals surface area (Å²) in [6.07, 6.45) is 9.75. The third kappa shape index (κ3) is 14.4. The molecule has 0 aliphatic heterocycles. The summed E-state index contributed by atoms with van der Waals surface area (Å²) in [5, 5.41) is 23.4. The average molecular weight is 629 g/mol. The van der Waals surface area contributed by atoms with Crippen LogP contribution in [0.5, 0.6) is 0 Å². The molecule has 4 amide bonds. The zero-order valence-corrected chi connectivity index (χ0v) is 28.4. The smallest absolute Gasteiger partial charge is 0.243 e. The van der Waals surface area contributed by atoms with Crippen molar-refractivity contribution in [3.05, 3.63) is 35.9 Å². The van der Waals surface area contributed by atoms with Crippen LogP contribution in [-0.2, 0) is 25.6 Å². The van der Waals surface area contributed by atoms with Gasteiger partial charge in [0.2, 0.25) is 23.6 Å². The van der Waals surface area contributed by atoms with E-state index in [0.29, 0.717) is 31.7 Å². The molecule has 9 nitrogen and oxygen atoms in total. The van der Waals surface area contributed by atoms with Gasteiger partial charge in [-0.25, -0.2) is 0 Å². The Kier molecular flexibility index (Phi) is 17.8. The van der Waals surface area contributed by atoms with Crippen molar-refractivity contribution in [2.24, 2.45) is 17.8 Å². The van der Waals surface area contributed by atoms with Gasteiger partial charge in [-0.2, -0.15) is 0 Å². The zero-order valence-electron chi connectivity index (χ0n) is 28.4. The number of amides is 4. The molecule has 1 saturated carbocycles. The van der Waals surface area contributed by atoms with Crippen LogP contribution in [0, 0.1) is 17.8 Å². The van der Waals surface area contributed by atoms with E-state index < -0.39 is 30.1 Å². The minimum Gasteiger partial charge on any atom is -0.391 e. The molecule has 0 radical (unpaired) electrons. The standard InChI is InChI=1S/C36H60N4O5/c1-6-8-20-30(39-36(45)32(38-26(5)41)23-28-18-14-11-15-19-28)35(44)40-31(22-27-16-12-10-13-17-27)33(42)24-29(25(3)4)34(43)37-21-9-7-2/h11,14-15,18-19,25,27,29-33,42H,6-10,12-13,16-17,20-24H2,1-5H3,(H,37,43)(H,38,41)(H,39,45)(H,40,44)/t29-,30-,31-,32-,33-/m0/s1. The van der Waals surface area contributed by atoms with Crippen molar-refractivity contribution in [1.82, 2.24) is 21.3 Å². The van der Waals surface area contributed by atoms with Crippen molar-refractivity contribution < 1.29 is 24.3 Å². The Bertz CT molecular complexity index is 1030. The Morgan fingerprint density at radius 2 is 1.49 bits per heavy atom. The van der Waals surface area contributed by atoms with Crippen LogP contribution in [0.1, 0.15) is 117 Å². The van der Waals surface area contributed by atoms with E-state index in [9.17, 15) is 24.3 Å². The van der Waals surface area contributed by atoms with E-state index >= 15 is 0 Å². The molecule has 0 heterocycles. The fraction of sp³-hybridized carbons (Fsp3) is 0.722. The number of rotatable bonds is 20. The predicted octanol–water partition coefficient (Wildman–Crippen LogP) is 4.80. The second-order valence-electron chi connectivity index (χ2n) is 13.3. The number of hydrogen-bond donors (Lipinski definition) is 5. The maximum absolute atomic E-state index is 13.9. The molecule has 0 aromatic heterocycles. The largest absolute Gasteiger partial charge is 0.391 e. The second kappa shape index (κ2) is 21.0. The first-order valence-corrected chi connectivity index (χ1v) is 17.4. The van der Waals surface area contributed by atoms with Crippen LogP contribution < -0.4 is 21.3 Å². The average Bonchev–Trinajstić information content (AvgIpc) is 3.01. The van der Waals surface area contributed by atoms with Gasteiger partial charge in [0.05, 0.1) is 12.1 Å². The van der Waals surface area contributed by atoms with Crippen molar-refractivity contribution in [3.63, 3.8) is 0 Å². The number of carbonyl (C=O) groups excluding carboxylic acids is 4. The van der Waals surface area contributed by atoms with Crippen LogP contribution in [-0.4, -0.2) is 59.5 Å². The molecule has 0 saturated heterocycles. The Morgan fingerprint density at radius 3 is 2.09 bits per heavy atom. The lowest BCUT2D eigenvalue weighted by molar-refractivity contribution is -0.132. The molecule has 1 fully saturated rings. The molecule has 0 unspecified atom stereocenters. The van der Waals surface area contributed by atoms with Crippen molar-refractivity contribution in [2.45, 2.75) is 142 Å². The first-order valence-electron chi connectivity index (χ1n) is 17.4. The van der Waals surface area contributed by atoms with Crippen molar-refractivity contribution in [1.29, 1.82) is 0 Å². The summed E-state index contributed by atoms with van der Waals surface area (Å²) in [7, 11) is 0. The van der Waals surface area contributed by atoms with Gasteiger partial charge < -0.3 is 26.4 Å². The number of unbranched alkanes of at least 4 members (excludes halogenated alkanes) is 2. The summed E-state index contributed by atoms with van der Waals surface area (Å²) in [5.74, 6) is -1.11. The molecule has 254 valence electrons. The lowest BCUT2D eigenvalue weighted by atomic mass is 9.81. The normalized spacial score (nSPS) is 17.0. The van der Waals surface area contributed by atoms with Crippen LogP contribution in [0.15, 0.2) is 30.3 Å². The lowest BCUT2D eigenvalue weighted by Gasteiger charge is -2.33. The minimum absolute atomic E-state index is 0.0271. The van der Waals surface area contributed by atoms with Crippen LogP contribution in [0.3, 0.4) is 0 Å². The van der Waals surface area contributed by atoms with E-state index in [1.54, 1.807) is 0 Å². The van der Waals surface area contributed by atoms with Gasteiger partial charge in [0.25, 0.3) is 0 Å². The third-order valence-corrected chi connectivity index (χ3v) is 9.03. The zero-order chi connectivity index (χ0) is 33.2. The number of aliphatic hydroxyl groups excluding tert-OH is 1. The van der Waals surface area contributed by atoms with E-state index in [0.717, 1.165) is 56.9 Å². The maximum atomic E-state index is 13.9. The van der Waals surface area contributed by atoms with Crippen LogP contribution >= 0.6 is 0 Å². The topological polar surface area (TPSA) is 137 Å². The second-order valence-corrected chi connectivity index (χ2v) is 13.3. The van der Waals surface area contributed by atoms with Gasteiger partial charge in [-0.05, 0) is 43.1 Å². The molecule has 1 aliphatic carbocycles. The number of hydrogen-bond acceptors (Lipinski definition) is 5. The van der Waals surface area contributed by atoms with E-state index in [1.807, 2.05) is 51.1 Å². The monoisotopic (exact) mass is 628 g/mol. The Hall–Kier alpha value is -2.94. The van der Waals surface area contributed by atoms with E-state index in [1.165, 1.54) is 13.3 Å². The van der Waals surface area contributed by atoms with Crippen LogP contribution in [0.25, 0.3) is 0 Å². The molecule has 5 N–H and O–H groups in total. The highest BCUT2D eigenvalue weighted by molar-refractivity contribution is 5.92. The van der Waals surface area contributed by atoms with Gasteiger partial charge in [0.1, 0.15) is 12.1 Å². The Labute approximate surface area is 271 Å². The number of nitrogens with one attached hydrogen (secondary N) is 4. The fourth-order valence-corrected chi connectivity index (χ4v) is 6.26. The maximum Gasteiger partial charge on any atom is 0.243 e. The van der Waals surface area contributed by atoms with Gasteiger partial charge in [-0.3, -0.25) is 19.2 Å². The molecule has 1 aromatic rings. The summed E-state index contributed by atoms with van der Waals surface area (Å²) in [6.45, 7) is 10.1. The summed E-state index contributed by atoms with van der Waals surface area (Å²) < 4.78 is 0. The van der Waals surface area contributed by atoms with Crippen LogP contribution in [0.2, 0.25) is 0 Å². The van der Waals surface area contributed by atoms with Gasteiger partial charge in [-0.15, -0.1) is 0 Å². The van der Waals surface area contributed by atoms with Gasteiger partial charge in [0, 0.05) is 25.8 Å². The molecule has 0 bridgehead atoms. The Balaban J connectivity index is 2.23. The van der Waals surface area contributed by atoms with E-state index in [2.05, 4.69) is 28.2 Å². The molecule has 1 aromatic carbocycles. The third-order valence-electron chi connectivity index (χ3n) is 9.03. The van der Waals surface area contributed by atoms with E-state index in [-0.39, 0.29) is 36.0 Å². The molecule has 0 spiro atoms. The highest BCUT2D eigenvalue weighted by atomic mass is 16.3. The van der Waals surface area contributed by atoms with Gasteiger partial charge in [0.15, 0.2) is 0 Å². The lowest BCUT2D eigenvalue weighted by Crippen LogP contribution is -2.57. The summed E-state index contributed by atoms with van der Waals surface area (Å²) >= 11 is 0. The van der Waals surface area contributed by atoms with Crippen molar-refractivity contribution in [3.8, 4) is 0 Å². The Morgan fingerprint density at radius 1 is 0.844 bits per heavy atom.